The Labute approximate surface area is 183 Å². The number of carbonyl (C=O) groups excluding carboxylic acids is 2. The van der Waals surface area contributed by atoms with Crippen molar-refractivity contribution in [2.45, 2.75) is 19.4 Å². The van der Waals surface area contributed by atoms with E-state index in [1.165, 1.54) is 28.8 Å². The molecule has 0 spiro atoms. The van der Waals surface area contributed by atoms with Crippen molar-refractivity contribution in [3.63, 3.8) is 0 Å². The molecule has 0 radical (unpaired) electrons. The number of nitro groups is 1. The van der Waals surface area contributed by atoms with Crippen LogP contribution in [0.2, 0.25) is 0 Å². The smallest absolute Gasteiger partial charge is 0.269 e. The SMILES string of the molecule is O=C(CCCN1C(=O)/C(=C/c2ccc([N+](=O)[O-])cc2)SC1=S)NCc1ccccc1. The number of carbonyl (C=O) groups is 2. The third-order valence-electron chi connectivity index (χ3n) is 4.39. The Hall–Kier alpha value is -3.04. The lowest BCUT2D eigenvalue weighted by atomic mass is 10.2. The van der Waals surface area contributed by atoms with Crippen molar-refractivity contribution in [3.05, 3.63) is 80.7 Å². The van der Waals surface area contributed by atoms with Crippen molar-refractivity contribution < 1.29 is 14.5 Å². The van der Waals surface area contributed by atoms with E-state index >= 15 is 0 Å². The van der Waals surface area contributed by atoms with Crippen LogP contribution in [0.4, 0.5) is 5.69 Å². The number of nitrogens with one attached hydrogen (secondary N) is 1. The highest BCUT2D eigenvalue weighted by Gasteiger charge is 2.31. The van der Waals surface area contributed by atoms with E-state index in [4.69, 9.17) is 12.2 Å². The van der Waals surface area contributed by atoms with Crippen molar-refractivity contribution in [2.24, 2.45) is 0 Å². The number of thiocarbonyl (C=S) groups is 1. The van der Waals surface area contributed by atoms with Gasteiger partial charge in [-0.05, 0) is 35.8 Å². The van der Waals surface area contributed by atoms with Crippen molar-refractivity contribution in [2.75, 3.05) is 6.54 Å². The van der Waals surface area contributed by atoms with Gasteiger partial charge in [-0.15, -0.1) is 0 Å². The van der Waals surface area contributed by atoms with Crippen LogP contribution < -0.4 is 5.32 Å². The van der Waals surface area contributed by atoms with E-state index in [2.05, 4.69) is 5.32 Å². The molecule has 7 nitrogen and oxygen atoms in total. The number of amides is 2. The molecule has 154 valence electrons. The molecule has 2 aromatic carbocycles. The lowest BCUT2D eigenvalue weighted by molar-refractivity contribution is -0.384. The minimum Gasteiger partial charge on any atom is -0.352 e. The Morgan fingerprint density at radius 3 is 2.53 bits per heavy atom. The van der Waals surface area contributed by atoms with Crippen LogP contribution in [0.15, 0.2) is 59.5 Å². The fraction of sp³-hybridized carbons (Fsp3) is 0.190. The Morgan fingerprint density at radius 2 is 1.87 bits per heavy atom. The average Bonchev–Trinajstić information content (AvgIpc) is 3.00. The molecule has 1 saturated heterocycles. The van der Waals surface area contributed by atoms with E-state index < -0.39 is 4.92 Å². The first-order chi connectivity index (χ1) is 14.4. The molecular formula is C21H19N3O4S2. The third kappa shape index (κ3) is 5.74. The first kappa shape index (κ1) is 21.7. The molecule has 2 aromatic rings. The molecule has 0 aromatic heterocycles. The summed E-state index contributed by atoms with van der Waals surface area (Å²) >= 11 is 6.49. The monoisotopic (exact) mass is 441 g/mol. The molecule has 3 rings (SSSR count). The standard InChI is InChI=1S/C21H19N3O4S2/c25-19(22-14-16-5-2-1-3-6-16)7-4-12-23-20(26)18(30-21(23)29)13-15-8-10-17(11-9-15)24(27)28/h1-3,5-6,8-11,13H,4,7,12,14H2,(H,22,25)/b18-13-. The lowest BCUT2D eigenvalue weighted by Crippen LogP contribution is -2.30. The van der Waals surface area contributed by atoms with Crippen LogP contribution in [0.5, 0.6) is 0 Å². The van der Waals surface area contributed by atoms with Gasteiger partial charge in [0, 0.05) is 31.6 Å². The quantitative estimate of drug-likeness (QED) is 0.289. The van der Waals surface area contributed by atoms with Crippen molar-refractivity contribution in [1.82, 2.24) is 10.2 Å². The highest BCUT2D eigenvalue weighted by Crippen LogP contribution is 2.32. The molecule has 2 amide bonds. The van der Waals surface area contributed by atoms with Crippen LogP contribution in [0.1, 0.15) is 24.0 Å². The number of hydrogen-bond acceptors (Lipinski definition) is 6. The Balaban J connectivity index is 1.49. The highest BCUT2D eigenvalue weighted by atomic mass is 32.2. The molecule has 1 fully saturated rings. The second kappa shape index (κ2) is 10.1. The summed E-state index contributed by atoms with van der Waals surface area (Å²) in [4.78, 5) is 36.9. The normalized spacial score (nSPS) is 14.9. The lowest BCUT2D eigenvalue weighted by Gasteiger charge is -2.14. The van der Waals surface area contributed by atoms with Crippen molar-refractivity contribution in [1.29, 1.82) is 0 Å². The van der Waals surface area contributed by atoms with Crippen LogP contribution in [0.25, 0.3) is 6.08 Å². The predicted octanol–water partition coefficient (Wildman–Crippen LogP) is 3.89. The van der Waals surface area contributed by atoms with E-state index in [-0.39, 0.29) is 17.5 Å². The second-order valence-corrected chi connectivity index (χ2v) is 8.22. The van der Waals surface area contributed by atoms with Crippen molar-refractivity contribution in [3.8, 4) is 0 Å². The zero-order chi connectivity index (χ0) is 21.5. The van der Waals surface area contributed by atoms with Gasteiger partial charge in [0.1, 0.15) is 4.32 Å². The van der Waals surface area contributed by atoms with Gasteiger partial charge in [0.2, 0.25) is 5.91 Å². The van der Waals surface area contributed by atoms with Crippen LogP contribution in [0.3, 0.4) is 0 Å². The summed E-state index contributed by atoms with van der Waals surface area (Å²) in [5.74, 6) is -0.293. The Morgan fingerprint density at radius 1 is 1.17 bits per heavy atom. The summed E-state index contributed by atoms with van der Waals surface area (Å²) in [5, 5.41) is 13.6. The van der Waals surface area contributed by atoms with Crippen LogP contribution in [0, 0.1) is 10.1 Å². The first-order valence-electron chi connectivity index (χ1n) is 9.24. The van der Waals surface area contributed by atoms with Gasteiger partial charge in [0.15, 0.2) is 0 Å². The number of benzene rings is 2. The summed E-state index contributed by atoms with van der Waals surface area (Å²) in [6.45, 7) is 0.833. The number of thioether (sulfide) groups is 1. The molecule has 1 N–H and O–H groups in total. The predicted molar refractivity (Wildman–Crippen MR) is 120 cm³/mol. The summed E-state index contributed by atoms with van der Waals surface area (Å²) in [6, 6.07) is 15.6. The summed E-state index contributed by atoms with van der Waals surface area (Å²) in [7, 11) is 0. The minimum absolute atomic E-state index is 0.00904. The van der Waals surface area contributed by atoms with Gasteiger partial charge < -0.3 is 5.32 Å². The molecule has 0 aliphatic carbocycles. The summed E-state index contributed by atoms with van der Waals surface area (Å²) in [6.07, 6.45) is 2.46. The fourth-order valence-corrected chi connectivity index (χ4v) is 4.13. The molecule has 0 saturated carbocycles. The van der Waals surface area contributed by atoms with Gasteiger partial charge in [-0.2, -0.15) is 0 Å². The Bertz CT molecular complexity index is 991. The number of nitrogens with zero attached hydrogens (tertiary/aromatic N) is 2. The Kier molecular flexibility index (Phi) is 7.31. The number of non-ortho nitro benzene ring substituents is 1. The second-order valence-electron chi connectivity index (χ2n) is 6.55. The molecule has 1 aliphatic rings. The zero-order valence-corrected chi connectivity index (χ0v) is 17.6. The molecule has 0 unspecified atom stereocenters. The number of hydrogen-bond donors (Lipinski definition) is 1. The van der Waals surface area contributed by atoms with Crippen LogP contribution >= 0.6 is 24.0 Å². The van der Waals surface area contributed by atoms with Crippen LogP contribution in [-0.2, 0) is 16.1 Å². The maximum Gasteiger partial charge on any atom is 0.269 e. The zero-order valence-electron chi connectivity index (χ0n) is 15.9. The van der Waals surface area contributed by atoms with Gasteiger partial charge >= 0.3 is 0 Å². The topological polar surface area (TPSA) is 92.5 Å². The molecular weight excluding hydrogens is 422 g/mol. The van der Waals surface area contributed by atoms with E-state index in [0.717, 1.165) is 5.56 Å². The van der Waals surface area contributed by atoms with E-state index in [1.54, 1.807) is 18.2 Å². The van der Waals surface area contributed by atoms with Crippen molar-refractivity contribution >= 4 is 51.9 Å². The maximum absolute atomic E-state index is 12.6. The highest BCUT2D eigenvalue weighted by molar-refractivity contribution is 8.26. The van der Waals surface area contributed by atoms with E-state index in [0.29, 0.717) is 40.7 Å². The average molecular weight is 442 g/mol. The number of nitro benzene ring substituents is 1. The molecule has 0 atom stereocenters. The largest absolute Gasteiger partial charge is 0.352 e. The van der Waals surface area contributed by atoms with E-state index in [9.17, 15) is 19.7 Å². The summed E-state index contributed by atoms with van der Waals surface area (Å²) in [5.41, 5.74) is 1.70. The first-order valence-corrected chi connectivity index (χ1v) is 10.5. The molecule has 1 aliphatic heterocycles. The molecule has 30 heavy (non-hydrogen) atoms. The van der Waals surface area contributed by atoms with Gasteiger partial charge in [-0.3, -0.25) is 24.6 Å². The van der Waals surface area contributed by atoms with E-state index in [1.807, 2.05) is 30.3 Å². The summed E-state index contributed by atoms with van der Waals surface area (Å²) < 4.78 is 0.442. The van der Waals surface area contributed by atoms with Crippen LogP contribution in [-0.4, -0.2) is 32.5 Å². The third-order valence-corrected chi connectivity index (χ3v) is 5.77. The molecule has 0 bridgehead atoms. The van der Waals surface area contributed by atoms with Gasteiger partial charge in [-0.25, -0.2) is 0 Å². The van der Waals surface area contributed by atoms with Gasteiger partial charge in [-0.1, -0.05) is 54.3 Å². The number of rotatable bonds is 8. The minimum atomic E-state index is -0.473. The maximum atomic E-state index is 12.6. The van der Waals surface area contributed by atoms with Gasteiger partial charge in [0.25, 0.3) is 11.6 Å². The van der Waals surface area contributed by atoms with Gasteiger partial charge in [0.05, 0.1) is 9.83 Å². The fourth-order valence-electron chi connectivity index (χ4n) is 2.82. The molecule has 9 heteroatoms. The molecule has 1 heterocycles.